The molecule has 0 aliphatic heterocycles. The summed E-state index contributed by atoms with van der Waals surface area (Å²) in [6.07, 6.45) is 3.19. The fourth-order valence-electron chi connectivity index (χ4n) is 1.37. The normalized spacial score (nSPS) is 10.5. The van der Waals surface area contributed by atoms with Crippen LogP contribution < -0.4 is 0 Å². The number of aliphatic carboxylic acids is 1. The lowest BCUT2D eigenvalue weighted by atomic mass is 10.1. The molecule has 0 unspecified atom stereocenters. The number of carbonyl (C=O) groups is 1. The molecule has 0 aromatic carbocycles. The van der Waals surface area contributed by atoms with Crippen molar-refractivity contribution in [1.29, 1.82) is 0 Å². The minimum Gasteiger partial charge on any atom is -0.481 e. The molecule has 0 amide bonds. The first kappa shape index (κ1) is 10.0. The van der Waals surface area contributed by atoms with Gasteiger partial charge in [0.2, 0.25) is 0 Å². The van der Waals surface area contributed by atoms with Gasteiger partial charge in [-0.15, -0.1) is 0 Å². The molecule has 0 saturated carbocycles. The number of carboxylic acid groups (broad SMARTS) is 1. The van der Waals surface area contributed by atoms with Gasteiger partial charge in [-0.2, -0.15) is 0 Å². The number of aromatic nitrogens is 2. The van der Waals surface area contributed by atoms with Crippen molar-refractivity contribution in [3.05, 3.63) is 34.6 Å². The summed E-state index contributed by atoms with van der Waals surface area (Å²) in [4.78, 5) is 18.9. The Bertz CT molecular complexity index is 528. The highest BCUT2D eigenvalue weighted by atomic mass is 79.9. The van der Waals surface area contributed by atoms with Crippen LogP contribution in [0.3, 0.4) is 0 Å². The van der Waals surface area contributed by atoms with E-state index in [1.54, 1.807) is 18.5 Å². The van der Waals surface area contributed by atoms with Crippen molar-refractivity contribution >= 4 is 32.9 Å². The van der Waals surface area contributed by atoms with Gasteiger partial charge in [-0.05, 0) is 33.6 Å². The van der Waals surface area contributed by atoms with Gasteiger partial charge in [-0.1, -0.05) is 0 Å². The van der Waals surface area contributed by atoms with E-state index in [0.717, 1.165) is 4.47 Å². The lowest BCUT2D eigenvalue weighted by molar-refractivity contribution is -0.136. The van der Waals surface area contributed by atoms with Gasteiger partial charge in [0.25, 0.3) is 0 Å². The van der Waals surface area contributed by atoms with E-state index < -0.39 is 5.97 Å². The SMILES string of the molecule is O=C(O)Cc1ccnc2cc(Br)cnc12. The van der Waals surface area contributed by atoms with Crippen molar-refractivity contribution in [3.8, 4) is 0 Å². The van der Waals surface area contributed by atoms with Gasteiger partial charge in [-0.3, -0.25) is 14.8 Å². The number of halogens is 1. The zero-order chi connectivity index (χ0) is 10.8. The zero-order valence-corrected chi connectivity index (χ0v) is 9.23. The largest absolute Gasteiger partial charge is 0.481 e. The second-order valence-corrected chi connectivity index (χ2v) is 3.98. The van der Waals surface area contributed by atoms with E-state index in [9.17, 15) is 4.79 Å². The number of pyridine rings is 2. The topological polar surface area (TPSA) is 63.1 Å². The monoisotopic (exact) mass is 266 g/mol. The Kier molecular flexibility index (Phi) is 2.64. The third-order valence-electron chi connectivity index (χ3n) is 1.97. The fourth-order valence-corrected chi connectivity index (χ4v) is 1.69. The molecular weight excluding hydrogens is 260 g/mol. The van der Waals surface area contributed by atoms with Gasteiger partial charge in [0.15, 0.2) is 0 Å². The molecule has 1 N–H and O–H groups in total. The minimum absolute atomic E-state index is 0.0341. The second kappa shape index (κ2) is 3.94. The Balaban J connectivity index is 2.60. The lowest BCUT2D eigenvalue weighted by Crippen LogP contribution is -2.01. The van der Waals surface area contributed by atoms with Crippen LogP contribution >= 0.6 is 15.9 Å². The molecule has 0 fully saturated rings. The van der Waals surface area contributed by atoms with Crippen LogP contribution in [0.5, 0.6) is 0 Å². The van der Waals surface area contributed by atoms with E-state index in [4.69, 9.17) is 5.11 Å². The number of hydrogen-bond acceptors (Lipinski definition) is 3. The number of carboxylic acids is 1. The first-order valence-corrected chi connectivity index (χ1v) is 5.07. The van der Waals surface area contributed by atoms with Gasteiger partial charge >= 0.3 is 5.97 Å². The van der Waals surface area contributed by atoms with E-state index in [2.05, 4.69) is 25.9 Å². The summed E-state index contributed by atoms with van der Waals surface area (Å²) < 4.78 is 0.829. The molecule has 0 bridgehead atoms. The van der Waals surface area contributed by atoms with Gasteiger partial charge in [0.05, 0.1) is 17.5 Å². The van der Waals surface area contributed by atoms with Crippen LogP contribution in [0.15, 0.2) is 29.0 Å². The summed E-state index contributed by atoms with van der Waals surface area (Å²) in [5.41, 5.74) is 2.02. The highest BCUT2D eigenvalue weighted by molar-refractivity contribution is 9.10. The van der Waals surface area contributed by atoms with Crippen LogP contribution in [0.1, 0.15) is 5.56 Å². The van der Waals surface area contributed by atoms with Gasteiger partial charge in [0, 0.05) is 16.9 Å². The molecule has 0 radical (unpaired) electrons. The molecule has 0 saturated heterocycles. The summed E-state index contributed by atoms with van der Waals surface area (Å²) in [5.74, 6) is -0.868. The van der Waals surface area contributed by atoms with Crippen LogP contribution in [0.25, 0.3) is 11.0 Å². The van der Waals surface area contributed by atoms with Crippen molar-refractivity contribution < 1.29 is 9.90 Å². The predicted octanol–water partition coefficient (Wildman–Crippen LogP) is 2.02. The molecule has 0 atom stereocenters. The first-order chi connectivity index (χ1) is 7.16. The highest BCUT2D eigenvalue weighted by Gasteiger charge is 2.07. The van der Waals surface area contributed by atoms with Crippen molar-refractivity contribution in [2.45, 2.75) is 6.42 Å². The summed E-state index contributed by atoms with van der Waals surface area (Å²) in [5, 5.41) is 8.72. The third kappa shape index (κ3) is 2.12. The molecule has 2 aromatic heterocycles. The molecular formula is C10H7BrN2O2. The average molecular weight is 267 g/mol. The van der Waals surface area contributed by atoms with E-state index in [1.807, 2.05) is 6.07 Å². The Labute approximate surface area is 94.1 Å². The highest BCUT2D eigenvalue weighted by Crippen LogP contribution is 2.18. The molecule has 76 valence electrons. The summed E-state index contributed by atoms with van der Waals surface area (Å²) in [7, 11) is 0. The Morgan fingerprint density at radius 3 is 3.00 bits per heavy atom. The third-order valence-corrected chi connectivity index (χ3v) is 2.40. The Morgan fingerprint density at radius 2 is 2.27 bits per heavy atom. The molecule has 0 aliphatic carbocycles. The molecule has 4 nitrogen and oxygen atoms in total. The van der Waals surface area contributed by atoms with Crippen LogP contribution in [0.4, 0.5) is 0 Å². The molecule has 15 heavy (non-hydrogen) atoms. The number of hydrogen-bond donors (Lipinski definition) is 1. The quantitative estimate of drug-likeness (QED) is 0.904. The van der Waals surface area contributed by atoms with E-state index in [1.165, 1.54) is 0 Å². The van der Waals surface area contributed by atoms with Gasteiger partial charge in [0.1, 0.15) is 0 Å². The number of rotatable bonds is 2. The smallest absolute Gasteiger partial charge is 0.307 e. The van der Waals surface area contributed by atoms with Gasteiger partial charge < -0.3 is 5.11 Å². The van der Waals surface area contributed by atoms with Crippen LogP contribution in [-0.4, -0.2) is 21.0 Å². The molecule has 0 spiro atoms. The maximum absolute atomic E-state index is 10.6. The average Bonchev–Trinajstić information content (AvgIpc) is 2.16. The van der Waals surface area contributed by atoms with Crippen LogP contribution in [-0.2, 0) is 11.2 Å². The maximum atomic E-state index is 10.6. The molecule has 0 aliphatic rings. The van der Waals surface area contributed by atoms with E-state index in [0.29, 0.717) is 16.6 Å². The maximum Gasteiger partial charge on any atom is 0.307 e. The lowest BCUT2D eigenvalue weighted by Gasteiger charge is -2.02. The first-order valence-electron chi connectivity index (χ1n) is 4.28. The van der Waals surface area contributed by atoms with Crippen LogP contribution in [0, 0.1) is 0 Å². The molecule has 5 heteroatoms. The Morgan fingerprint density at radius 1 is 1.47 bits per heavy atom. The summed E-state index contributed by atoms with van der Waals surface area (Å²) in [6, 6.07) is 3.49. The zero-order valence-electron chi connectivity index (χ0n) is 7.64. The van der Waals surface area contributed by atoms with Crippen molar-refractivity contribution in [3.63, 3.8) is 0 Å². The number of nitrogens with zero attached hydrogens (tertiary/aromatic N) is 2. The molecule has 2 rings (SSSR count). The van der Waals surface area contributed by atoms with E-state index in [-0.39, 0.29) is 6.42 Å². The number of fused-ring (bicyclic) bond motifs is 1. The fraction of sp³-hybridized carbons (Fsp3) is 0.100. The van der Waals surface area contributed by atoms with E-state index >= 15 is 0 Å². The molecule has 2 heterocycles. The molecule has 2 aromatic rings. The van der Waals surface area contributed by atoms with Crippen LogP contribution in [0.2, 0.25) is 0 Å². The van der Waals surface area contributed by atoms with Crippen molar-refractivity contribution in [2.24, 2.45) is 0 Å². The minimum atomic E-state index is -0.868. The summed E-state index contributed by atoms with van der Waals surface area (Å²) >= 11 is 3.29. The Hall–Kier alpha value is -1.49. The summed E-state index contributed by atoms with van der Waals surface area (Å²) in [6.45, 7) is 0. The standard InChI is InChI=1S/C10H7BrN2O2/c11-7-4-8-10(13-5-7)6(1-2-12-8)3-9(14)15/h1-2,4-5H,3H2,(H,14,15). The second-order valence-electron chi connectivity index (χ2n) is 3.06. The predicted molar refractivity (Wildman–Crippen MR) is 58.6 cm³/mol. The van der Waals surface area contributed by atoms with Gasteiger partial charge in [-0.25, -0.2) is 0 Å². The van der Waals surface area contributed by atoms with Crippen molar-refractivity contribution in [1.82, 2.24) is 9.97 Å². The van der Waals surface area contributed by atoms with Crippen molar-refractivity contribution in [2.75, 3.05) is 0 Å².